The Labute approximate surface area is 309 Å². The molecule has 0 fully saturated rings. The SMILES string of the molecule is c1ccc2c(-c3c4ccccc4c(-c4ccc5c(c4)c4ccccc4n5-c4nc5ccccc5c5nc6ccccc6n45)c4ccccc34)cccc2c1. The molecule has 0 aliphatic rings. The second-order valence-electron chi connectivity index (χ2n) is 14.1. The Kier molecular flexibility index (Phi) is 6.02. The van der Waals surface area contributed by atoms with Crippen molar-refractivity contribution >= 4 is 81.7 Å². The Bertz CT molecular complexity index is 3450. The van der Waals surface area contributed by atoms with E-state index in [2.05, 4.69) is 185 Å². The lowest BCUT2D eigenvalue weighted by atomic mass is 9.84. The standard InChI is InChI=1S/C50H30N4/c1-2-16-33-31(14-1)15-13-23-35(33)48-38-20-5-3-18-36(38)47(37-19-4-6-21-39(37)48)32-28-29-45-41(30-32)34-17-8-11-26-44(34)53(45)50-52-42-24-9-7-22-40(42)49-51-43-25-10-12-27-46(43)54(49)50/h1-30H. The van der Waals surface area contributed by atoms with E-state index in [9.17, 15) is 0 Å². The second kappa shape index (κ2) is 11.1. The highest BCUT2D eigenvalue weighted by Gasteiger charge is 2.22. The molecular formula is C50H30N4. The van der Waals surface area contributed by atoms with Gasteiger partial charge in [0.15, 0.2) is 0 Å². The molecule has 0 amide bonds. The maximum Gasteiger partial charge on any atom is 0.221 e. The van der Waals surface area contributed by atoms with Gasteiger partial charge in [-0.15, -0.1) is 0 Å². The van der Waals surface area contributed by atoms with Gasteiger partial charge < -0.3 is 0 Å². The first-order valence-corrected chi connectivity index (χ1v) is 18.4. The fourth-order valence-electron chi connectivity index (χ4n) is 8.99. The number of rotatable bonds is 3. The molecule has 9 aromatic carbocycles. The van der Waals surface area contributed by atoms with Crippen LogP contribution in [0.5, 0.6) is 0 Å². The monoisotopic (exact) mass is 686 g/mol. The summed E-state index contributed by atoms with van der Waals surface area (Å²) in [4.78, 5) is 10.5. The summed E-state index contributed by atoms with van der Waals surface area (Å²) in [5.41, 5.74) is 11.0. The van der Waals surface area contributed by atoms with Gasteiger partial charge in [-0.1, -0.05) is 140 Å². The van der Waals surface area contributed by atoms with E-state index in [-0.39, 0.29) is 0 Å². The third kappa shape index (κ3) is 4.02. The zero-order valence-electron chi connectivity index (χ0n) is 29.1. The number of aromatic nitrogens is 4. The summed E-state index contributed by atoms with van der Waals surface area (Å²) in [6.07, 6.45) is 0. The van der Waals surface area contributed by atoms with Crippen molar-refractivity contribution in [2.75, 3.05) is 0 Å². The van der Waals surface area contributed by atoms with E-state index in [1.165, 1.54) is 65.3 Å². The lowest BCUT2D eigenvalue weighted by Gasteiger charge is -2.19. The van der Waals surface area contributed by atoms with Crippen LogP contribution in [0.3, 0.4) is 0 Å². The third-order valence-corrected chi connectivity index (χ3v) is 11.3. The Morgan fingerprint density at radius 3 is 1.67 bits per heavy atom. The van der Waals surface area contributed by atoms with Gasteiger partial charge in [0, 0.05) is 16.2 Å². The molecule has 250 valence electrons. The van der Waals surface area contributed by atoms with Crippen LogP contribution in [0.4, 0.5) is 0 Å². The van der Waals surface area contributed by atoms with E-state index < -0.39 is 0 Å². The van der Waals surface area contributed by atoms with Gasteiger partial charge in [0.25, 0.3) is 0 Å². The summed E-state index contributed by atoms with van der Waals surface area (Å²) in [6.45, 7) is 0. The van der Waals surface area contributed by atoms with Crippen LogP contribution in [0.2, 0.25) is 0 Å². The molecule has 0 radical (unpaired) electrons. The molecule has 0 N–H and O–H groups in total. The van der Waals surface area contributed by atoms with Gasteiger partial charge in [0.1, 0.15) is 5.65 Å². The molecule has 0 saturated heterocycles. The minimum atomic E-state index is 0.826. The maximum atomic E-state index is 5.38. The Morgan fingerprint density at radius 1 is 0.352 bits per heavy atom. The molecule has 12 aromatic rings. The van der Waals surface area contributed by atoms with Crippen molar-refractivity contribution in [2.24, 2.45) is 0 Å². The van der Waals surface area contributed by atoms with Crippen LogP contribution in [0, 0.1) is 0 Å². The Morgan fingerprint density at radius 2 is 0.907 bits per heavy atom. The van der Waals surface area contributed by atoms with Crippen LogP contribution in [-0.2, 0) is 0 Å². The zero-order valence-corrected chi connectivity index (χ0v) is 29.1. The van der Waals surface area contributed by atoms with Crippen LogP contribution in [-0.4, -0.2) is 18.9 Å². The average Bonchev–Trinajstić information content (AvgIpc) is 3.79. The molecule has 12 rings (SSSR count). The summed E-state index contributed by atoms with van der Waals surface area (Å²) in [5, 5.41) is 10.9. The van der Waals surface area contributed by atoms with Crippen molar-refractivity contribution in [2.45, 2.75) is 0 Å². The molecular weight excluding hydrogens is 657 g/mol. The first-order valence-electron chi connectivity index (χ1n) is 18.4. The van der Waals surface area contributed by atoms with Gasteiger partial charge in [0.05, 0.1) is 27.6 Å². The quantitative estimate of drug-likeness (QED) is 0.173. The summed E-state index contributed by atoms with van der Waals surface area (Å²) in [5.74, 6) is 0.826. The molecule has 3 heterocycles. The van der Waals surface area contributed by atoms with E-state index >= 15 is 0 Å². The Balaban J connectivity index is 1.17. The highest BCUT2D eigenvalue weighted by Crippen LogP contribution is 2.46. The predicted molar refractivity (Wildman–Crippen MR) is 226 cm³/mol. The van der Waals surface area contributed by atoms with E-state index in [1.54, 1.807) is 0 Å². The number of para-hydroxylation sites is 4. The van der Waals surface area contributed by atoms with Gasteiger partial charge in [-0.2, -0.15) is 0 Å². The van der Waals surface area contributed by atoms with E-state index in [0.717, 1.165) is 44.6 Å². The van der Waals surface area contributed by atoms with Crippen molar-refractivity contribution in [3.05, 3.63) is 182 Å². The van der Waals surface area contributed by atoms with Crippen molar-refractivity contribution in [3.63, 3.8) is 0 Å². The number of imidazole rings is 1. The van der Waals surface area contributed by atoms with Gasteiger partial charge in [0.2, 0.25) is 5.95 Å². The lowest BCUT2D eigenvalue weighted by molar-refractivity contribution is 0.979. The fraction of sp³-hybridized carbons (Fsp3) is 0. The first-order chi connectivity index (χ1) is 26.8. The summed E-state index contributed by atoms with van der Waals surface area (Å²) < 4.78 is 4.55. The van der Waals surface area contributed by atoms with E-state index in [0.29, 0.717) is 0 Å². The maximum absolute atomic E-state index is 5.38. The molecule has 3 aromatic heterocycles. The van der Waals surface area contributed by atoms with Crippen LogP contribution >= 0.6 is 0 Å². The molecule has 0 aliphatic carbocycles. The topological polar surface area (TPSA) is 35.1 Å². The highest BCUT2D eigenvalue weighted by molar-refractivity contribution is 6.24. The molecule has 4 heteroatoms. The third-order valence-electron chi connectivity index (χ3n) is 11.3. The van der Waals surface area contributed by atoms with Gasteiger partial charge >= 0.3 is 0 Å². The molecule has 0 unspecified atom stereocenters. The Hall–Kier alpha value is -7.30. The summed E-state index contributed by atoms with van der Waals surface area (Å²) >= 11 is 0. The smallest absolute Gasteiger partial charge is 0.221 e. The van der Waals surface area contributed by atoms with Gasteiger partial charge in [-0.05, 0) is 97.0 Å². The van der Waals surface area contributed by atoms with E-state index in [4.69, 9.17) is 9.97 Å². The fourth-order valence-corrected chi connectivity index (χ4v) is 8.99. The molecule has 0 saturated carbocycles. The number of benzene rings is 9. The van der Waals surface area contributed by atoms with Crippen LogP contribution in [0.15, 0.2) is 182 Å². The minimum Gasteiger partial charge on any atom is -0.279 e. The van der Waals surface area contributed by atoms with Crippen LogP contribution < -0.4 is 0 Å². The van der Waals surface area contributed by atoms with Crippen molar-refractivity contribution in [3.8, 4) is 28.2 Å². The van der Waals surface area contributed by atoms with Gasteiger partial charge in [-0.3, -0.25) is 8.97 Å². The highest BCUT2D eigenvalue weighted by atomic mass is 15.2. The molecule has 0 bridgehead atoms. The van der Waals surface area contributed by atoms with Crippen LogP contribution in [0.25, 0.3) is 110 Å². The van der Waals surface area contributed by atoms with E-state index in [1.807, 2.05) is 6.07 Å². The number of hydrogen-bond donors (Lipinski definition) is 0. The summed E-state index contributed by atoms with van der Waals surface area (Å²) in [6, 6.07) is 65.6. The van der Waals surface area contributed by atoms with Crippen molar-refractivity contribution in [1.82, 2.24) is 18.9 Å². The molecule has 0 atom stereocenters. The van der Waals surface area contributed by atoms with Crippen molar-refractivity contribution < 1.29 is 0 Å². The normalized spacial score (nSPS) is 12.1. The zero-order chi connectivity index (χ0) is 35.3. The van der Waals surface area contributed by atoms with Crippen molar-refractivity contribution in [1.29, 1.82) is 0 Å². The molecule has 54 heavy (non-hydrogen) atoms. The number of nitrogens with zero attached hydrogens (tertiary/aromatic N) is 4. The average molecular weight is 687 g/mol. The number of hydrogen-bond acceptors (Lipinski definition) is 2. The molecule has 0 spiro atoms. The van der Waals surface area contributed by atoms with Crippen LogP contribution in [0.1, 0.15) is 0 Å². The largest absolute Gasteiger partial charge is 0.279 e. The number of fused-ring (bicyclic) bond motifs is 11. The summed E-state index contributed by atoms with van der Waals surface area (Å²) in [7, 11) is 0. The molecule has 4 nitrogen and oxygen atoms in total. The van der Waals surface area contributed by atoms with Gasteiger partial charge in [-0.25, -0.2) is 9.97 Å². The minimum absolute atomic E-state index is 0.826. The predicted octanol–water partition coefficient (Wildman–Crippen LogP) is 12.9. The molecule has 0 aliphatic heterocycles. The second-order valence-corrected chi connectivity index (χ2v) is 14.1. The lowest BCUT2D eigenvalue weighted by Crippen LogP contribution is -2.06. The first kappa shape index (κ1) is 29.3.